The van der Waals surface area contributed by atoms with Gasteiger partial charge in [0.1, 0.15) is 17.2 Å². The second-order valence-electron chi connectivity index (χ2n) is 4.85. The lowest BCUT2D eigenvalue weighted by Gasteiger charge is -2.11. The molecule has 3 nitrogen and oxygen atoms in total. The maximum atomic E-state index is 13.6. The highest BCUT2D eigenvalue weighted by Gasteiger charge is 2.17. The molecule has 3 aromatic rings. The van der Waals surface area contributed by atoms with Crippen molar-refractivity contribution < 1.29 is 4.39 Å². The summed E-state index contributed by atoms with van der Waals surface area (Å²) in [6, 6.07) is 5.12. The fraction of sp³-hybridized carbons (Fsp3) is 0.200. The molecule has 0 saturated carbocycles. The molecule has 108 valence electrons. The number of hydrogen-bond acceptors (Lipinski definition) is 2. The lowest BCUT2D eigenvalue weighted by Crippen LogP contribution is -2.03. The predicted octanol–water partition coefficient (Wildman–Crippen LogP) is 4.68. The highest BCUT2D eigenvalue weighted by molar-refractivity contribution is 9.10. The number of pyridine rings is 1. The van der Waals surface area contributed by atoms with Gasteiger partial charge in [-0.1, -0.05) is 0 Å². The van der Waals surface area contributed by atoms with Gasteiger partial charge in [0.25, 0.3) is 0 Å². The smallest absolute Gasteiger partial charge is 0.164 e. The Balaban J connectivity index is 2.39. The van der Waals surface area contributed by atoms with E-state index in [2.05, 4.69) is 25.9 Å². The van der Waals surface area contributed by atoms with Gasteiger partial charge in [0.2, 0.25) is 0 Å². The molecule has 0 aliphatic rings. The molecular weight excluding hydrogens is 357 g/mol. The molecule has 0 amide bonds. The minimum atomic E-state index is -0.294. The Bertz CT molecular complexity index is 845. The van der Waals surface area contributed by atoms with Crippen molar-refractivity contribution in [3.63, 3.8) is 0 Å². The van der Waals surface area contributed by atoms with Gasteiger partial charge in [0.05, 0.1) is 16.0 Å². The van der Waals surface area contributed by atoms with Gasteiger partial charge >= 0.3 is 0 Å². The summed E-state index contributed by atoms with van der Waals surface area (Å²) in [5.41, 5.74) is 4.19. The fourth-order valence-corrected chi connectivity index (χ4v) is 2.87. The van der Waals surface area contributed by atoms with Crippen LogP contribution in [0.25, 0.3) is 16.9 Å². The molecule has 21 heavy (non-hydrogen) atoms. The van der Waals surface area contributed by atoms with Crippen LogP contribution in [-0.2, 0) is 5.88 Å². The van der Waals surface area contributed by atoms with Crippen LogP contribution in [-0.4, -0.2) is 14.5 Å². The van der Waals surface area contributed by atoms with E-state index in [1.54, 1.807) is 12.3 Å². The summed E-state index contributed by atoms with van der Waals surface area (Å²) in [7, 11) is 0. The molecular formula is C15H12BrClFN3. The number of nitrogens with zero attached hydrogens (tertiary/aromatic N) is 3. The van der Waals surface area contributed by atoms with Crippen LogP contribution >= 0.6 is 27.5 Å². The second kappa shape index (κ2) is 5.39. The van der Waals surface area contributed by atoms with Crippen LogP contribution in [0.5, 0.6) is 0 Å². The molecule has 0 N–H and O–H groups in total. The maximum Gasteiger partial charge on any atom is 0.164 e. The summed E-state index contributed by atoms with van der Waals surface area (Å²) in [6.07, 6.45) is 1.74. The molecule has 0 aliphatic heterocycles. The Morgan fingerprint density at radius 2 is 2.05 bits per heavy atom. The third-order valence-electron chi connectivity index (χ3n) is 3.42. The van der Waals surface area contributed by atoms with Gasteiger partial charge in [-0.25, -0.2) is 14.4 Å². The first kappa shape index (κ1) is 14.5. The average molecular weight is 369 g/mol. The molecule has 1 aromatic carbocycles. The summed E-state index contributed by atoms with van der Waals surface area (Å²) in [4.78, 5) is 8.97. The second-order valence-corrected chi connectivity index (χ2v) is 5.97. The Hall–Kier alpha value is -1.46. The molecule has 0 radical (unpaired) electrons. The Morgan fingerprint density at radius 3 is 2.76 bits per heavy atom. The van der Waals surface area contributed by atoms with Crippen molar-refractivity contribution in [2.75, 3.05) is 0 Å². The van der Waals surface area contributed by atoms with Crippen LogP contribution in [0.15, 0.2) is 28.9 Å². The largest absolute Gasteiger partial charge is 0.279 e. The van der Waals surface area contributed by atoms with Crippen molar-refractivity contribution in [1.29, 1.82) is 0 Å². The van der Waals surface area contributed by atoms with E-state index in [1.807, 2.05) is 24.5 Å². The molecule has 0 saturated heterocycles. The van der Waals surface area contributed by atoms with Crippen LogP contribution in [0.1, 0.15) is 17.0 Å². The molecule has 2 aromatic heterocycles. The Morgan fingerprint density at radius 1 is 1.29 bits per heavy atom. The third-order valence-corrected chi connectivity index (χ3v) is 4.26. The SMILES string of the molecule is Cc1cc(F)c(Br)cc1-n1c(CCl)nc2c(C)ccnc21. The van der Waals surface area contributed by atoms with E-state index in [9.17, 15) is 4.39 Å². The monoisotopic (exact) mass is 367 g/mol. The number of aromatic nitrogens is 3. The summed E-state index contributed by atoms with van der Waals surface area (Å²) in [5.74, 6) is 0.650. The van der Waals surface area contributed by atoms with E-state index >= 15 is 0 Å². The van der Waals surface area contributed by atoms with Crippen molar-refractivity contribution in [2.45, 2.75) is 19.7 Å². The number of fused-ring (bicyclic) bond motifs is 1. The van der Waals surface area contributed by atoms with Gasteiger partial charge < -0.3 is 0 Å². The first-order valence-electron chi connectivity index (χ1n) is 6.38. The van der Waals surface area contributed by atoms with E-state index in [0.29, 0.717) is 10.3 Å². The summed E-state index contributed by atoms with van der Waals surface area (Å²) < 4.78 is 15.9. The molecule has 0 atom stereocenters. The molecule has 0 bridgehead atoms. The minimum Gasteiger partial charge on any atom is -0.279 e. The third kappa shape index (κ3) is 2.34. The fourth-order valence-electron chi connectivity index (χ4n) is 2.36. The normalized spacial score (nSPS) is 11.3. The van der Waals surface area contributed by atoms with Crippen LogP contribution in [0, 0.1) is 19.7 Å². The molecule has 6 heteroatoms. The number of hydrogen-bond donors (Lipinski definition) is 0. The molecule has 0 unspecified atom stereocenters. The lowest BCUT2D eigenvalue weighted by molar-refractivity contribution is 0.619. The van der Waals surface area contributed by atoms with Crippen molar-refractivity contribution >= 4 is 38.7 Å². The van der Waals surface area contributed by atoms with Crippen LogP contribution < -0.4 is 0 Å². The maximum absolute atomic E-state index is 13.6. The van der Waals surface area contributed by atoms with E-state index in [1.165, 1.54) is 6.07 Å². The summed E-state index contributed by atoms with van der Waals surface area (Å²) >= 11 is 9.26. The zero-order valence-electron chi connectivity index (χ0n) is 11.5. The quantitative estimate of drug-likeness (QED) is 0.615. The van der Waals surface area contributed by atoms with Gasteiger partial charge in [-0.15, -0.1) is 11.6 Å². The van der Waals surface area contributed by atoms with Gasteiger partial charge in [-0.2, -0.15) is 0 Å². The molecule has 0 aliphatic carbocycles. The van der Waals surface area contributed by atoms with Gasteiger partial charge in [-0.3, -0.25) is 4.57 Å². The van der Waals surface area contributed by atoms with Crippen molar-refractivity contribution in [3.8, 4) is 5.69 Å². The number of halogens is 3. The Labute approximate surface area is 134 Å². The van der Waals surface area contributed by atoms with E-state index < -0.39 is 0 Å². The number of imidazole rings is 1. The van der Waals surface area contributed by atoms with Crippen LogP contribution in [0.3, 0.4) is 0 Å². The average Bonchev–Trinajstić information content (AvgIpc) is 2.83. The molecule has 0 fully saturated rings. The van der Waals surface area contributed by atoms with Crippen molar-refractivity contribution in [3.05, 3.63) is 51.6 Å². The lowest BCUT2D eigenvalue weighted by atomic mass is 10.2. The van der Waals surface area contributed by atoms with E-state index in [4.69, 9.17) is 11.6 Å². The topological polar surface area (TPSA) is 30.7 Å². The predicted molar refractivity (Wildman–Crippen MR) is 85.6 cm³/mol. The molecule has 0 spiro atoms. The van der Waals surface area contributed by atoms with Crippen molar-refractivity contribution in [2.24, 2.45) is 0 Å². The molecule has 3 rings (SSSR count). The summed E-state index contributed by atoms with van der Waals surface area (Å²) in [6.45, 7) is 3.83. The van der Waals surface area contributed by atoms with Crippen LogP contribution in [0.4, 0.5) is 4.39 Å². The van der Waals surface area contributed by atoms with Gasteiger partial charge in [-0.05, 0) is 59.1 Å². The highest BCUT2D eigenvalue weighted by atomic mass is 79.9. The number of aryl methyl sites for hydroxylation is 2. The van der Waals surface area contributed by atoms with Crippen LogP contribution in [0.2, 0.25) is 0 Å². The number of rotatable bonds is 2. The zero-order valence-corrected chi connectivity index (χ0v) is 13.8. The van der Waals surface area contributed by atoms with Gasteiger partial charge in [0.15, 0.2) is 5.65 Å². The summed E-state index contributed by atoms with van der Waals surface area (Å²) in [5, 5.41) is 0. The van der Waals surface area contributed by atoms with E-state index in [0.717, 1.165) is 28.0 Å². The number of alkyl halides is 1. The standard InChI is InChI=1S/C15H12BrClFN3/c1-8-3-4-19-15-14(8)20-13(7-17)21(15)12-6-10(16)11(18)5-9(12)2/h3-6H,7H2,1-2H3. The van der Waals surface area contributed by atoms with Gasteiger partial charge in [0, 0.05) is 6.20 Å². The minimum absolute atomic E-state index is 0.254. The Kier molecular flexibility index (Phi) is 3.71. The van der Waals surface area contributed by atoms with E-state index in [-0.39, 0.29) is 11.7 Å². The molecule has 2 heterocycles. The highest BCUT2D eigenvalue weighted by Crippen LogP contribution is 2.28. The first-order valence-corrected chi connectivity index (χ1v) is 7.70. The zero-order chi connectivity index (χ0) is 15.1. The first-order chi connectivity index (χ1) is 10.0. The number of benzene rings is 1. The van der Waals surface area contributed by atoms with Crippen molar-refractivity contribution in [1.82, 2.24) is 14.5 Å².